The van der Waals surface area contributed by atoms with Gasteiger partial charge in [-0.1, -0.05) is 0 Å². The van der Waals surface area contributed by atoms with Crippen LogP contribution in [-0.2, 0) is 11.2 Å². The van der Waals surface area contributed by atoms with Crippen molar-refractivity contribution in [2.24, 2.45) is 5.73 Å². The van der Waals surface area contributed by atoms with Crippen molar-refractivity contribution in [3.05, 3.63) is 30.2 Å². The van der Waals surface area contributed by atoms with Gasteiger partial charge < -0.3 is 19.8 Å². The fourth-order valence-electron chi connectivity index (χ4n) is 2.78. The topological polar surface area (TPSA) is 72.9 Å². The Balaban J connectivity index is 1.72. The molecule has 0 bridgehead atoms. The molecular formula is C16H22N4O2. The van der Waals surface area contributed by atoms with Crippen LogP contribution in [0.25, 0.3) is 5.65 Å². The standard InChI is InChI=1S/C16H22N4O2/c1-12(17)9-13-10-20-8-4-5-14(16(20)18-13)22-11-15(21)19-6-2-3-7-19/h4-5,8,10,12H,2-3,6-7,9,11,17H2,1H3. The van der Waals surface area contributed by atoms with Crippen LogP contribution in [0.15, 0.2) is 24.5 Å². The van der Waals surface area contributed by atoms with E-state index in [4.69, 9.17) is 10.5 Å². The highest BCUT2D eigenvalue weighted by molar-refractivity contribution is 5.78. The summed E-state index contributed by atoms with van der Waals surface area (Å²) in [5.74, 6) is 0.674. The largest absolute Gasteiger partial charge is 0.480 e. The van der Waals surface area contributed by atoms with Crippen LogP contribution in [0.3, 0.4) is 0 Å². The molecule has 2 aromatic heterocycles. The van der Waals surface area contributed by atoms with Crippen molar-refractivity contribution >= 4 is 11.6 Å². The highest BCUT2D eigenvalue weighted by Gasteiger charge is 2.18. The highest BCUT2D eigenvalue weighted by atomic mass is 16.5. The second-order valence-electron chi connectivity index (χ2n) is 5.89. The molecule has 1 amide bonds. The molecule has 22 heavy (non-hydrogen) atoms. The van der Waals surface area contributed by atoms with Gasteiger partial charge >= 0.3 is 0 Å². The molecule has 1 fully saturated rings. The Labute approximate surface area is 129 Å². The van der Waals surface area contributed by atoms with Gasteiger partial charge in [-0.2, -0.15) is 0 Å². The summed E-state index contributed by atoms with van der Waals surface area (Å²) < 4.78 is 7.62. The van der Waals surface area contributed by atoms with Crippen molar-refractivity contribution in [3.8, 4) is 5.75 Å². The fraction of sp³-hybridized carbons (Fsp3) is 0.500. The van der Waals surface area contributed by atoms with Crippen LogP contribution in [0.1, 0.15) is 25.5 Å². The number of hydrogen-bond donors (Lipinski definition) is 1. The van der Waals surface area contributed by atoms with Gasteiger partial charge in [0.25, 0.3) is 5.91 Å². The van der Waals surface area contributed by atoms with Crippen LogP contribution in [0.4, 0.5) is 0 Å². The second-order valence-corrected chi connectivity index (χ2v) is 5.89. The SMILES string of the molecule is CC(N)Cc1cn2cccc(OCC(=O)N3CCCC3)c2n1. The lowest BCUT2D eigenvalue weighted by molar-refractivity contribution is -0.132. The van der Waals surface area contributed by atoms with E-state index >= 15 is 0 Å². The number of aromatic nitrogens is 2. The van der Waals surface area contributed by atoms with E-state index in [-0.39, 0.29) is 18.6 Å². The number of likely N-dealkylation sites (tertiary alicyclic amines) is 1. The van der Waals surface area contributed by atoms with Crippen LogP contribution in [0, 0.1) is 0 Å². The molecule has 1 saturated heterocycles. The lowest BCUT2D eigenvalue weighted by atomic mass is 10.2. The first-order valence-electron chi connectivity index (χ1n) is 7.76. The van der Waals surface area contributed by atoms with E-state index in [9.17, 15) is 4.79 Å². The number of nitrogens with two attached hydrogens (primary N) is 1. The van der Waals surface area contributed by atoms with Gasteiger partial charge in [-0.25, -0.2) is 4.98 Å². The maximum Gasteiger partial charge on any atom is 0.260 e. The molecule has 6 heteroatoms. The van der Waals surface area contributed by atoms with Crippen LogP contribution in [0.2, 0.25) is 0 Å². The van der Waals surface area contributed by atoms with Gasteiger partial charge in [0.15, 0.2) is 18.0 Å². The van der Waals surface area contributed by atoms with Crippen molar-refractivity contribution in [2.45, 2.75) is 32.2 Å². The summed E-state index contributed by atoms with van der Waals surface area (Å²) in [6.45, 7) is 3.70. The molecule has 2 aromatic rings. The molecule has 1 aliphatic rings. The average Bonchev–Trinajstić information content (AvgIpc) is 3.12. The summed E-state index contributed by atoms with van der Waals surface area (Å²) in [5.41, 5.74) is 7.48. The molecule has 0 aromatic carbocycles. The molecule has 3 heterocycles. The van der Waals surface area contributed by atoms with Crippen molar-refractivity contribution in [2.75, 3.05) is 19.7 Å². The summed E-state index contributed by atoms with van der Waals surface area (Å²) in [6.07, 6.45) is 6.76. The molecule has 3 rings (SSSR count). The van der Waals surface area contributed by atoms with Crippen LogP contribution in [0.5, 0.6) is 5.75 Å². The fourth-order valence-corrected chi connectivity index (χ4v) is 2.78. The lowest BCUT2D eigenvalue weighted by Gasteiger charge is -2.15. The van der Waals surface area contributed by atoms with Crippen LogP contribution in [-0.4, -0.2) is 45.9 Å². The molecule has 0 aliphatic carbocycles. The van der Waals surface area contributed by atoms with Gasteiger partial charge in [0.2, 0.25) is 0 Å². The van der Waals surface area contributed by atoms with Gasteiger partial charge in [-0.05, 0) is 31.9 Å². The zero-order valence-electron chi connectivity index (χ0n) is 12.9. The molecule has 6 nitrogen and oxygen atoms in total. The van der Waals surface area contributed by atoms with Gasteiger partial charge in [0.05, 0.1) is 5.69 Å². The predicted octanol–water partition coefficient (Wildman–Crippen LogP) is 1.23. The van der Waals surface area contributed by atoms with Crippen LogP contribution < -0.4 is 10.5 Å². The van der Waals surface area contributed by atoms with Crippen molar-refractivity contribution in [3.63, 3.8) is 0 Å². The maximum absolute atomic E-state index is 12.1. The number of fused-ring (bicyclic) bond motifs is 1. The molecule has 0 spiro atoms. The Morgan fingerprint density at radius 1 is 1.45 bits per heavy atom. The Morgan fingerprint density at radius 2 is 2.23 bits per heavy atom. The maximum atomic E-state index is 12.1. The molecule has 2 N–H and O–H groups in total. The first kappa shape index (κ1) is 14.8. The van der Waals surface area contributed by atoms with Crippen molar-refractivity contribution in [1.29, 1.82) is 0 Å². The average molecular weight is 302 g/mol. The molecule has 0 radical (unpaired) electrons. The first-order chi connectivity index (χ1) is 10.6. The summed E-state index contributed by atoms with van der Waals surface area (Å²) >= 11 is 0. The third-order valence-corrected chi connectivity index (χ3v) is 3.84. The Kier molecular flexibility index (Phi) is 4.29. The van der Waals surface area contributed by atoms with E-state index in [1.807, 2.05) is 40.8 Å². The molecule has 1 aliphatic heterocycles. The van der Waals surface area contributed by atoms with Crippen molar-refractivity contribution < 1.29 is 9.53 Å². The first-order valence-corrected chi connectivity index (χ1v) is 7.76. The van der Waals surface area contributed by atoms with Crippen molar-refractivity contribution in [1.82, 2.24) is 14.3 Å². The number of nitrogens with zero attached hydrogens (tertiary/aromatic N) is 3. The molecule has 1 unspecified atom stereocenters. The minimum atomic E-state index is 0.0434. The molecule has 1 atom stereocenters. The smallest absolute Gasteiger partial charge is 0.260 e. The van der Waals surface area contributed by atoms with Gasteiger partial charge in [-0.15, -0.1) is 0 Å². The summed E-state index contributed by atoms with van der Waals surface area (Å²) in [5, 5.41) is 0. The molecule has 118 valence electrons. The number of carbonyl (C=O) groups is 1. The van der Waals surface area contributed by atoms with Gasteiger partial charge in [0.1, 0.15) is 0 Å². The van der Waals surface area contributed by atoms with Gasteiger partial charge in [-0.3, -0.25) is 4.79 Å². The second kappa shape index (κ2) is 6.36. The summed E-state index contributed by atoms with van der Waals surface area (Å²) in [6, 6.07) is 3.79. The summed E-state index contributed by atoms with van der Waals surface area (Å²) in [4.78, 5) is 18.5. The molecular weight excluding hydrogens is 280 g/mol. The number of imidazole rings is 1. The number of amides is 1. The monoisotopic (exact) mass is 302 g/mol. The van der Waals surface area contributed by atoms with E-state index in [1.165, 1.54) is 0 Å². The number of hydrogen-bond acceptors (Lipinski definition) is 4. The predicted molar refractivity (Wildman–Crippen MR) is 83.9 cm³/mol. The number of rotatable bonds is 5. The van der Waals surface area contributed by atoms with Gasteiger partial charge in [0, 0.05) is 37.9 Å². The summed E-state index contributed by atoms with van der Waals surface area (Å²) in [7, 11) is 0. The quantitative estimate of drug-likeness (QED) is 0.901. The lowest BCUT2D eigenvalue weighted by Crippen LogP contribution is -2.32. The number of pyridine rings is 1. The molecule has 0 saturated carbocycles. The Hall–Kier alpha value is -2.08. The zero-order chi connectivity index (χ0) is 15.5. The van der Waals surface area contributed by atoms with E-state index < -0.39 is 0 Å². The minimum absolute atomic E-state index is 0.0434. The Bertz CT molecular complexity index is 659. The van der Waals surface area contributed by atoms with E-state index in [2.05, 4.69) is 4.98 Å². The number of ether oxygens (including phenoxy) is 1. The number of carbonyl (C=O) groups excluding carboxylic acids is 1. The third kappa shape index (κ3) is 3.22. The van der Waals surface area contributed by atoms with E-state index in [0.29, 0.717) is 12.2 Å². The van der Waals surface area contributed by atoms with E-state index in [1.54, 1.807) is 0 Å². The highest BCUT2D eigenvalue weighted by Crippen LogP contribution is 2.20. The van der Waals surface area contributed by atoms with E-state index in [0.717, 1.165) is 37.3 Å². The van der Waals surface area contributed by atoms with Crippen LogP contribution >= 0.6 is 0 Å². The minimum Gasteiger partial charge on any atom is -0.480 e. The third-order valence-electron chi connectivity index (χ3n) is 3.84. The zero-order valence-corrected chi connectivity index (χ0v) is 12.9. The normalized spacial score (nSPS) is 16.2. The Morgan fingerprint density at radius 3 is 2.95 bits per heavy atom.